The molecule has 1 N–H and O–H groups in total. The van der Waals surface area contributed by atoms with Crippen molar-refractivity contribution < 1.29 is 9.53 Å². The summed E-state index contributed by atoms with van der Waals surface area (Å²) in [5.41, 5.74) is 0. The van der Waals surface area contributed by atoms with Crippen LogP contribution in [0.25, 0.3) is 0 Å². The molecule has 0 heterocycles. The van der Waals surface area contributed by atoms with Crippen LogP contribution in [0.3, 0.4) is 0 Å². The number of ether oxygens (including phenoxy) is 1. The lowest BCUT2D eigenvalue weighted by Crippen LogP contribution is -2.31. The van der Waals surface area contributed by atoms with Gasteiger partial charge in [-0.3, -0.25) is 4.79 Å². The normalized spacial score (nSPS) is 25.5. The van der Waals surface area contributed by atoms with Gasteiger partial charge in [-0.25, -0.2) is 0 Å². The Morgan fingerprint density at radius 3 is 2.93 bits per heavy atom. The Kier molecular flexibility index (Phi) is 6.03. The number of carbonyl (C=O) groups excluding carboxylic acids is 1. The Morgan fingerprint density at radius 2 is 2.33 bits per heavy atom. The van der Waals surface area contributed by atoms with Crippen LogP contribution in [0.4, 0.5) is 0 Å². The van der Waals surface area contributed by atoms with Crippen molar-refractivity contribution in [3.05, 3.63) is 0 Å². The first kappa shape index (κ1) is 12.8. The minimum atomic E-state index is -0.0125. The van der Waals surface area contributed by atoms with Gasteiger partial charge in [0.1, 0.15) is 6.61 Å². The van der Waals surface area contributed by atoms with E-state index in [2.05, 4.69) is 5.32 Å². The number of hydrogen-bond donors (Lipinski definition) is 1. The van der Waals surface area contributed by atoms with Gasteiger partial charge in [-0.05, 0) is 31.6 Å². The number of halogens is 1. The number of alkyl halides is 1. The van der Waals surface area contributed by atoms with E-state index in [4.69, 9.17) is 16.3 Å². The van der Waals surface area contributed by atoms with E-state index in [-0.39, 0.29) is 12.5 Å². The van der Waals surface area contributed by atoms with Crippen LogP contribution in [0, 0.1) is 5.92 Å². The summed E-state index contributed by atoms with van der Waals surface area (Å²) in [6.07, 6.45) is 4.18. The van der Waals surface area contributed by atoms with E-state index in [0.29, 0.717) is 17.9 Å². The van der Waals surface area contributed by atoms with Gasteiger partial charge in [0.05, 0.1) is 0 Å². The van der Waals surface area contributed by atoms with Crippen LogP contribution < -0.4 is 5.32 Å². The average molecular weight is 234 g/mol. The Morgan fingerprint density at radius 1 is 1.53 bits per heavy atom. The summed E-state index contributed by atoms with van der Waals surface area (Å²) in [5, 5.41) is 3.19. The van der Waals surface area contributed by atoms with Crippen LogP contribution in [0.2, 0.25) is 0 Å². The molecule has 1 fully saturated rings. The fourth-order valence-corrected chi connectivity index (χ4v) is 2.20. The molecule has 0 aromatic rings. The third-order valence-corrected chi connectivity index (χ3v) is 3.04. The highest BCUT2D eigenvalue weighted by Crippen LogP contribution is 2.28. The molecule has 2 unspecified atom stereocenters. The molecule has 0 aromatic carbocycles. The maximum atomic E-state index is 11.3. The molecule has 0 bridgehead atoms. The molecule has 2 atom stereocenters. The SMILES string of the molecule is CCCOCC(=O)NCC1CCC(Cl)C1. The van der Waals surface area contributed by atoms with Gasteiger partial charge in [0.15, 0.2) is 0 Å². The Bertz CT molecular complexity index is 199. The minimum absolute atomic E-state index is 0.0125. The lowest BCUT2D eigenvalue weighted by Gasteiger charge is -2.10. The predicted molar refractivity (Wildman–Crippen MR) is 61.1 cm³/mol. The summed E-state index contributed by atoms with van der Waals surface area (Å²) >= 11 is 5.99. The second-order valence-corrected chi connectivity index (χ2v) is 4.75. The van der Waals surface area contributed by atoms with Crippen LogP contribution in [0.5, 0.6) is 0 Å². The van der Waals surface area contributed by atoms with E-state index in [1.165, 1.54) is 0 Å². The summed E-state index contributed by atoms with van der Waals surface area (Å²) in [7, 11) is 0. The Hall–Kier alpha value is -0.280. The molecule has 1 saturated carbocycles. The summed E-state index contributed by atoms with van der Waals surface area (Å²) in [6.45, 7) is 3.61. The zero-order valence-corrected chi connectivity index (χ0v) is 10.1. The molecule has 0 aromatic heterocycles. The van der Waals surface area contributed by atoms with Gasteiger partial charge in [0.25, 0.3) is 0 Å². The van der Waals surface area contributed by atoms with Crippen molar-refractivity contribution >= 4 is 17.5 Å². The Labute approximate surface area is 96.5 Å². The van der Waals surface area contributed by atoms with Crippen molar-refractivity contribution in [3.63, 3.8) is 0 Å². The summed E-state index contributed by atoms with van der Waals surface area (Å²) < 4.78 is 5.14. The summed E-state index contributed by atoms with van der Waals surface area (Å²) in [6, 6.07) is 0. The molecule has 0 aliphatic heterocycles. The quantitative estimate of drug-likeness (QED) is 0.563. The van der Waals surface area contributed by atoms with E-state index in [0.717, 1.165) is 32.2 Å². The third-order valence-electron chi connectivity index (χ3n) is 2.65. The molecule has 1 rings (SSSR count). The second kappa shape index (κ2) is 7.07. The van der Waals surface area contributed by atoms with E-state index in [1.54, 1.807) is 0 Å². The van der Waals surface area contributed by atoms with E-state index < -0.39 is 0 Å². The fraction of sp³-hybridized carbons (Fsp3) is 0.909. The fourth-order valence-electron chi connectivity index (χ4n) is 1.82. The largest absolute Gasteiger partial charge is 0.372 e. The van der Waals surface area contributed by atoms with Crippen molar-refractivity contribution in [1.82, 2.24) is 5.32 Å². The van der Waals surface area contributed by atoms with E-state index >= 15 is 0 Å². The van der Waals surface area contributed by atoms with E-state index in [1.807, 2.05) is 6.92 Å². The molecule has 4 heteroatoms. The van der Waals surface area contributed by atoms with Gasteiger partial charge in [-0.2, -0.15) is 0 Å². The van der Waals surface area contributed by atoms with Gasteiger partial charge in [0, 0.05) is 18.5 Å². The topological polar surface area (TPSA) is 38.3 Å². The first-order valence-corrected chi connectivity index (χ1v) is 6.14. The Balaban J connectivity index is 2.01. The number of carbonyl (C=O) groups is 1. The van der Waals surface area contributed by atoms with Gasteiger partial charge < -0.3 is 10.1 Å². The molecule has 88 valence electrons. The molecule has 0 saturated heterocycles. The lowest BCUT2D eigenvalue weighted by molar-refractivity contribution is -0.125. The van der Waals surface area contributed by atoms with Gasteiger partial charge in [-0.1, -0.05) is 6.92 Å². The van der Waals surface area contributed by atoms with Crippen LogP contribution in [-0.2, 0) is 9.53 Å². The number of nitrogens with one attached hydrogen (secondary N) is 1. The first-order valence-electron chi connectivity index (χ1n) is 5.71. The van der Waals surface area contributed by atoms with Crippen molar-refractivity contribution in [2.75, 3.05) is 19.8 Å². The smallest absolute Gasteiger partial charge is 0.246 e. The average Bonchev–Trinajstić information content (AvgIpc) is 2.62. The van der Waals surface area contributed by atoms with Crippen LogP contribution >= 0.6 is 11.6 Å². The molecule has 3 nitrogen and oxygen atoms in total. The maximum absolute atomic E-state index is 11.3. The van der Waals surface area contributed by atoms with Crippen LogP contribution in [-0.4, -0.2) is 31.0 Å². The van der Waals surface area contributed by atoms with Crippen LogP contribution in [0.15, 0.2) is 0 Å². The maximum Gasteiger partial charge on any atom is 0.246 e. The second-order valence-electron chi connectivity index (χ2n) is 4.13. The monoisotopic (exact) mass is 233 g/mol. The summed E-state index contributed by atoms with van der Waals surface area (Å²) in [5.74, 6) is 0.545. The van der Waals surface area contributed by atoms with E-state index in [9.17, 15) is 4.79 Å². The number of hydrogen-bond acceptors (Lipinski definition) is 2. The van der Waals surface area contributed by atoms with Crippen LogP contribution in [0.1, 0.15) is 32.6 Å². The zero-order chi connectivity index (χ0) is 11.1. The zero-order valence-electron chi connectivity index (χ0n) is 9.30. The lowest BCUT2D eigenvalue weighted by atomic mass is 10.1. The highest BCUT2D eigenvalue weighted by atomic mass is 35.5. The van der Waals surface area contributed by atoms with Gasteiger partial charge >= 0.3 is 0 Å². The number of rotatable bonds is 6. The predicted octanol–water partition coefficient (Wildman–Crippen LogP) is 1.94. The van der Waals surface area contributed by atoms with Crippen molar-refractivity contribution in [1.29, 1.82) is 0 Å². The number of amides is 1. The molecule has 1 aliphatic rings. The summed E-state index contributed by atoms with van der Waals surface area (Å²) in [4.78, 5) is 11.3. The molecule has 0 spiro atoms. The highest BCUT2D eigenvalue weighted by molar-refractivity contribution is 6.20. The third kappa shape index (κ3) is 5.38. The molecule has 1 aliphatic carbocycles. The molecule has 0 radical (unpaired) electrons. The molecule has 15 heavy (non-hydrogen) atoms. The first-order chi connectivity index (χ1) is 7.22. The minimum Gasteiger partial charge on any atom is -0.372 e. The van der Waals surface area contributed by atoms with Crippen molar-refractivity contribution in [3.8, 4) is 0 Å². The highest BCUT2D eigenvalue weighted by Gasteiger charge is 2.22. The van der Waals surface area contributed by atoms with Gasteiger partial charge in [0.2, 0.25) is 5.91 Å². The van der Waals surface area contributed by atoms with Gasteiger partial charge in [-0.15, -0.1) is 11.6 Å². The standard InChI is InChI=1S/C11H20ClNO2/c1-2-5-15-8-11(14)13-7-9-3-4-10(12)6-9/h9-10H,2-8H2,1H3,(H,13,14). The van der Waals surface area contributed by atoms with Crippen molar-refractivity contribution in [2.24, 2.45) is 5.92 Å². The molecular weight excluding hydrogens is 214 g/mol. The van der Waals surface area contributed by atoms with Crippen molar-refractivity contribution in [2.45, 2.75) is 38.0 Å². The molecular formula is C11H20ClNO2. The molecule has 1 amide bonds.